The van der Waals surface area contributed by atoms with Crippen LogP contribution in [-0.4, -0.2) is 19.1 Å². The molecular weight excluding hydrogens is 268 g/mol. The SMILES string of the molecule is CNCc1cnc(-c2c(OC)ccc3ccccc23)s1. The van der Waals surface area contributed by atoms with Crippen LogP contribution in [0.3, 0.4) is 0 Å². The maximum absolute atomic E-state index is 5.53. The first-order chi connectivity index (χ1) is 9.83. The van der Waals surface area contributed by atoms with Crippen LogP contribution in [0.2, 0.25) is 0 Å². The molecule has 1 heterocycles. The van der Waals surface area contributed by atoms with Crippen molar-refractivity contribution in [1.29, 1.82) is 0 Å². The van der Waals surface area contributed by atoms with Crippen LogP contribution in [-0.2, 0) is 6.54 Å². The van der Waals surface area contributed by atoms with Gasteiger partial charge in [0.15, 0.2) is 0 Å². The predicted octanol–water partition coefficient (Wildman–Crippen LogP) is 3.69. The average Bonchev–Trinajstić information content (AvgIpc) is 2.94. The fourth-order valence-electron chi connectivity index (χ4n) is 2.32. The van der Waals surface area contributed by atoms with E-state index in [0.29, 0.717) is 0 Å². The normalized spacial score (nSPS) is 10.9. The molecule has 0 aliphatic heterocycles. The van der Waals surface area contributed by atoms with E-state index in [9.17, 15) is 0 Å². The minimum atomic E-state index is 0.838. The third kappa shape index (κ3) is 2.28. The van der Waals surface area contributed by atoms with Gasteiger partial charge < -0.3 is 10.1 Å². The first kappa shape index (κ1) is 13.1. The number of methoxy groups -OCH3 is 1. The van der Waals surface area contributed by atoms with Gasteiger partial charge >= 0.3 is 0 Å². The van der Waals surface area contributed by atoms with Crippen molar-refractivity contribution < 1.29 is 4.74 Å². The molecule has 0 unspecified atom stereocenters. The van der Waals surface area contributed by atoms with Gasteiger partial charge in [0, 0.05) is 17.6 Å². The molecule has 20 heavy (non-hydrogen) atoms. The molecule has 0 radical (unpaired) electrons. The Morgan fingerprint density at radius 2 is 2.05 bits per heavy atom. The van der Waals surface area contributed by atoms with Crippen LogP contribution >= 0.6 is 11.3 Å². The number of aromatic nitrogens is 1. The van der Waals surface area contributed by atoms with Gasteiger partial charge in [-0.25, -0.2) is 4.98 Å². The highest BCUT2D eigenvalue weighted by atomic mass is 32.1. The van der Waals surface area contributed by atoms with Crippen molar-refractivity contribution in [3.63, 3.8) is 0 Å². The van der Waals surface area contributed by atoms with E-state index in [0.717, 1.165) is 22.9 Å². The molecule has 0 aliphatic carbocycles. The average molecular weight is 284 g/mol. The zero-order chi connectivity index (χ0) is 13.9. The molecular formula is C16H16N2OS. The van der Waals surface area contributed by atoms with E-state index >= 15 is 0 Å². The van der Waals surface area contributed by atoms with Crippen molar-refractivity contribution in [3.05, 3.63) is 47.5 Å². The van der Waals surface area contributed by atoms with Gasteiger partial charge in [0.1, 0.15) is 10.8 Å². The number of fused-ring (bicyclic) bond motifs is 1. The topological polar surface area (TPSA) is 34.2 Å². The van der Waals surface area contributed by atoms with Gasteiger partial charge in [-0.15, -0.1) is 11.3 Å². The van der Waals surface area contributed by atoms with Gasteiger partial charge in [0.25, 0.3) is 0 Å². The highest BCUT2D eigenvalue weighted by Gasteiger charge is 2.14. The van der Waals surface area contributed by atoms with Crippen molar-refractivity contribution in [2.45, 2.75) is 6.54 Å². The first-order valence-electron chi connectivity index (χ1n) is 6.49. The maximum Gasteiger partial charge on any atom is 0.129 e. The summed E-state index contributed by atoms with van der Waals surface area (Å²) in [6.07, 6.45) is 1.93. The van der Waals surface area contributed by atoms with Crippen LogP contribution in [0.15, 0.2) is 42.6 Å². The second-order valence-electron chi connectivity index (χ2n) is 4.53. The third-order valence-corrected chi connectivity index (χ3v) is 4.24. The van der Waals surface area contributed by atoms with Gasteiger partial charge in [-0.2, -0.15) is 0 Å². The lowest BCUT2D eigenvalue weighted by molar-refractivity contribution is 0.417. The lowest BCUT2D eigenvalue weighted by atomic mass is 10.0. The Hall–Kier alpha value is -1.91. The molecule has 4 heteroatoms. The van der Waals surface area contributed by atoms with Gasteiger partial charge in [0.2, 0.25) is 0 Å². The summed E-state index contributed by atoms with van der Waals surface area (Å²) in [5, 5.41) is 6.54. The third-order valence-electron chi connectivity index (χ3n) is 3.23. The molecule has 2 aromatic carbocycles. The number of benzene rings is 2. The minimum absolute atomic E-state index is 0.838. The Bertz CT molecular complexity index is 736. The number of hydrogen-bond acceptors (Lipinski definition) is 4. The molecule has 0 atom stereocenters. The van der Waals surface area contributed by atoms with E-state index in [1.54, 1.807) is 18.4 Å². The quantitative estimate of drug-likeness (QED) is 0.793. The molecule has 1 N–H and O–H groups in total. The molecule has 3 aromatic rings. The van der Waals surface area contributed by atoms with Crippen molar-refractivity contribution in [1.82, 2.24) is 10.3 Å². The molecule has 3 nitrogen and oxygen atoms in total. The summed E-state index contributed by atoms with van der Waals surface area (Å²) in [6, 6.07) is 12.4. The van der Waals surface area contributed by atoms with E-state index in [1.165, 1.54) is 15.6 Å². The highest BCUT2D eigenvalue weighted by Crippen LogP contribution is 2.38. The molecule has 102 valence electrons. The molecule has 0 saturated carbocycles. The van der Waals surface area contributed by atoms with Crippen LogP contribution in [0.25, 0.3) is 21.3 Å². The number of thiazole rings is 1. The second kappa shape index (κ2) is 5.61. The summed E-state index contributed by atoms with van der Waals surface area (Å²) in [7, 11) is 3.65. The molecule has 0 amide bonds. The van der Waals surface area contributed by atoms with E-state index in [-0.39, 0.29) is 0 Å². The number of nitrogens with zero attached hydrogens (tertiary/aromatic N) is 1. The molecule has 0 saturated heterocycles. The summed E-state index contributed by atoms with van der Waals surface area (Å²) >= 11 is 1.70. The summed E-state index contributed by atoms with van der Waals surface area (Å²) in [5.74, 6) is 0.869. The van der Waals surface area contributed by atoms with Crippen LogP contribution in [0, 0.1) is 0 Å². The number of nitrogens with one attached hydrogen (secondary N) is 1. The Kier molecular flexibility index (Phi) is 3.67. The van der Waals surface area contributed by atoms with Gasteiger partial charge in [-0.05, 0) is 23.9 Å². The zero-order valence-electron chi connectivity index (χ0n) is 11.5. The van der Waals surface area contributed by atoms with Gasteiger partial charge in [-0.3, -0.25) is 0 Å². The molecule has 3 rings (SSSR count). The van der Waals surface area contributed by atoms with Crippen LogP contribution in [0.5, 0.6) is 5.75 Å². The van der Waals surface area contributed by atoms with Gasteiger partial charge in [0.05, 0.1) is 12.7 Å². The van der Waals surface area contributed by atoms with E-state index in [1.807, 2.05) is 31.4 Å². The monoisotopic (exact) mass is 284 g/mol. The molecule has 0 bridgehead atoms. The van der Waals surface area contributed by atoms with Crippen molar-refractivity contribution in [2.24, 2.45) is 0 Å². The Labute approximate surface area is 122 Å². The van der Waals surface area contributed by atoms with E-state index in [4.69, 9.17) is 4.74 Å². The Morgan fingerprint density at radius 1 is 1.20 bits per heavy atom. The predicted molar refractivity (Wildman–Crippen MR) is 84.4 cm³/mol. The van der Waals surface area contributed by atoms with Gasteiger partial charge in [-0.1, -0.05) is 30.3 Å². The smallest absolute Gasteiger partial charge is 0.129 e. The number of rotatable bonds is 4. The van der Waals surface area contributed by atoms with Crippen LogP contribution < -0.4 is 10.1 Å². The standard InChI is InChI=1S/C16H16N2OS/c1-17-9-12-10-18-16(20-12)15-13-6-4-3-5-11(13)7-8-14(15)19-2/h3-8,10,17H,9H2,1-2H3. The molecule has 0 fully saturated rings. The van der Waals surface area contributed by atoms with Crippen molar-refractivity contribution in [3.8, 4) is 16.3 Å². The van der Waals surface area contributed by atoms with Crippen LogP contribution in [0.1, 0.15) is 4.88 Å². The van der Waals surface area contributed by atoms with E-state index < -0.39 is 0 Å². The molecule has 0 aliphatic rings. The molecule has 0 spiro atoms. The Morgan fingerprint density at radius 3 is 2.85 bits per heavy atom. The highest BCUT2D eigenvalue weighted by molar-refractivity contribution is 7.15. The second-order valence-corrected chi connectivity index (χ2v) is 5.64. The lowest BCUT2D eigenvalue weighted by Gasteiger charge is -2.09. The summed E-state index contributed by atoms with van der Waals surface area (Å²) in [5.41, 5.74) is 1.08. The minimum Gasteiger partial charge on any atom is -0.496 e. The number of ether oxygens (including phenoxy) is 1. The molecule has 1 aromatic heterocycles. The Balaban J connectivity index is 2.21. The first-order valence-corrected chi connectivity index (χ1v) is 7.30. The maximum atomic E-state index is 5.53. The van der Waals surface area contributed by atoms with Crippen LogP contribution in [0.4, 0.5) is 0 Å². The zero-order valence-corrected chi connectivity index (χ0v) is 12.3. The largest absolute Gasteiger partial charge is 0.496 e. The summed E-state index contributed by atoms with van der Waals surface area (Å²) < 4.78 is 5.53. The van der Waals surface area contributed by atoms with Crippen molar-refractivity contribution in [2.75, 3.05) is 14.2 Å². The summed E-state index contributed by atoms with van der Waals surface area (Å²) in [4.78, 5) is 5.78. The fraction of sp³-hybridized carbons (Fsp3) is 0.188. The van der Waals surface area contributed by atoms with E-state index in [2.05, 4.69) is 28.5 Å². The fourth-order valence-corrected chi connectivity index (χ4v) is 3.31. The lowest BCUT2D eigenvalue weighted by Crippen LogP contribution is -2.02. The van der Waals surface area contributed by atoms with Crippen molar-refractivity contribution >= 4 is 22.1 Å². The number of hydrogen-bond donors (Lipinski definition) is 1. The summed E-state index contributed by atoms with van der Waals surface area (Å²) in [6.45, 7) is 0.838.